The van der Waals surface area contributed by atoms with E-state index in [0.29, 0.717) is 86.9 Å². The molecule has 4 aliphatic rings. The number of H-pyrrole nitrogens is 1. The van der Waals surface area contributed by atoms with Crippen molar-refractivity contribution in [3.05, 3.63) is 39.1 Å². The first kappa shape index (κ1) is 30.6. The zero-order chi connectivity index (χ0) is 32.7. The normalized spacial score (nSPS) is 24.1. The molecule has 48 heavy (non-hydrogen) atoms. The summed E-state index contributed by atoms with van der Waals surface area (Å²) in [4.78, 5) is 18.7. The van der Waals surface area contributed by atoms with Crippen LogP contribution in [0.5, 0.6) is 11.9 Å². The van der Waals surface area contributed by atoms with E-state index < -0.39 is 17.5 Å². The van der Waals surface area contributed by atoms with Gasteiger partial charge in [-0.05, 0) is 83.3 Å². The fourth-order valence-corrected chi connectivity index (χ4v) is 8.97. The number of ether oxygens (including phenoxy) is 3. The van der Waals surface area contributed by atoms with E-state index in [1.807, 2.05) is 13.0 Å². The second-order valence-corrected chi connectivity index (χ2v) is 14.3. The fourth-order valence-electron chi connectivity index (χ4n) is 8.30. The summed E-state index contributed by atoms with van der Waals surface area (Å²) in [6.07, 6.45) is 2.38. The Morgan fingerprint density at radius 3 is 2.88 bits per heavy atom. The number of hydrogen-bond acceptors (Lipinski definition) is 9. The van der Waals surface area contributed by atoms with Gasteiger partial charge in [0.25, 0.3) is 0 Å². The van der Waals surface area contributed by atoms with E-state index in [9.17, 15) is 4.39 Å². The third-order valence-corrected chi connectivity index (χ3v) is 11.3. The van der Waals surface area contributed by atoms with Gasteiger partial charge in [-0.2, -0.15) is 15.1 Å². The monoisotopic (exact) mass is 771 g/mol. The summed E-state index contributed by atoms with van der Waals surface area (Å²) in [5.41, 5.74) is 1.01. The maximum atomic E-state index is 17.4. The van der Waals surface area contributed by atoms with Crippen LogP contribution in [0.3, 0.4) is 0 Å². The van der Waals surface area contributed by atoms with E-state index in [1.165, 1.54) is 6.07 Å². The predicted octanol–water partition coefficient (Wildman–Crippen LogP) is 6.11. The molecule has 0 saturated carbocycles. The molecule has 3 fully saturated rings. The quantitative estimate of drug-likeness (QED) is 0.212. The molecule has 0 radical (unpaired) electrons. The van der Waals surface area contributed by atoms with Crippen LogP contribution in [0.25, 0.3) is 43.8 Å². The second-order valence-electron chi connectivity index (χ2n) is 13.2. The molecule has 3 atom stereocenters. The standard InChI is InChI=1S/C34H33F3IN7O3/c1-2-20-21(36)6-5-17-11-22-24(30(38)43-42-22)25(23(17)20)28-27(37)29-26-31(45-9-4-10-46-14-19(45)15-47-32(26)39-28)41-33(40-29)48-16-34-7-3-8-44(34)13-18(35)12-34/h5-6,11,18-19H,2-4,7-10,12-16H2,1H3,(H,42,43)/t18-,19+,34+/m1/s1. The first-order chi connectivity index (χ1) is 23.3. The smallest absolute Gasteiger partial charge is 0.319 e. The molecule has 5 aromatic rings. The lowest BCUT2D eigenvalue weighted by Gasteiger charge is -2.31. The summed E-state index contributed by atoms with van der Waals surface area (Å²) >= 11 is 2.12. The molecule has 3 saturated heterocycles. The number of aromatic amines is 1. The van der Waals surface area contributed by atoms with Crippen molar-refractivity contribution in [2.45, 2.75) is 56.8 Å². The van der Waals surface area contributed by atoms with Gasteiger partial charge in [0.2, 0.25) is 5.88 Å². The molecule has 4 aliphatic heterocycles. The number of halogens is 4. The molecule has 3 aromatic heterocycles. The second kappa shape index (κ2) is 11.5. The first-order valence-electron chi connectivity index (χ1n) is 16.5. The van der Waals surface area contributed by atoms with Gasteiger partial charge in [0.1, 0.15) is 51.3 Å². The topological polar surface area (TPSA) is 102 Å². The number of aryl methyl sites for hydroxylation is 1. The predicted molar refractivity (Wildman–Crippen MR) is 183 cm³/mol. The van der Waals surface area contributed by atoms with Crippen molar-refractivity contribution in [1.82, 2.24) is 30.0 Å². The Bertz CT molecular complexity index is 2110. The van der Waals surface area contributed by atoms with Crippen LogP contribution in [0.1, 0.15) is 38.2 Å². The summed E-state index contributed by atoms with van der Waals surface area (Å²) in [5.74, 6) is -0.424. The van der Waals surface area contributed by atoms with E-state index in [2.05, 4.69) is 42.6 Å². The van der Waals surface area contributed by atoms with Crippen molar-refractivity contribution in [3.63, 3.8) is 0 Å². The zero-order valence-corrected chi connectivity index (χ0v) is 28.4. The summed E-state index contributed by atoms with van der Waals surface area (Å²) in [6, 6.07) is 4.79. The van der Waals surface area contributed by atoms with Gasteiger partial charge in [0.15, 0.2) is 5.82 Å². The third kappa shape index (κ3) is 4.65. The SMILES string of the molecule is CCc1c(F)ccc2cc3n[nH]c(I)c3c(-c3nc4c5c(nc(OC[C@@]67CCCN6C[C@H](F)C7)nc5c3F)N3CCCOC[C@H]3CO4)c12. The van der Waals surface area contributed by atoms with Crippen LogP contribution in [0, 0.1) is 15.3 Å². The molecule has 1 N–H and O–H groups in total. The Morgan fingerprint density at radius 1 is 1.10 bits per heavy atom. The highest BCUT2D eigenvalue weighted by molar-refractivity contribution is 14.1. The molecule has 2 aromatic carbocycles. The van der Waals surface area contributed by atoms with Crippen LogP contribution in [0.4, 0.5) is 19.0 Å². The summed E-state index contributed by atoms with van der Waals surface area (Å²) in [5, 5.41) is 9.73. The average molecular weight is 772 g/mol. The Balaban J connectivity index is 1.29. The highest BCUT2D eigenvalue weighted by Crippen LogP contribution is 2.46. The van der Waals surface area contributed by atoms with Gasteiger partial charge < -0.3 is 19.1 Å². The molecule has 9 rings (SSSR count). The van der Waals surface area contributed by atoms with E-state index in [0.717, 1.165) is 25.8 Å². The van der Waals surface area contributed by atoms with Crippen LogP contribution < -0.4 is 14.4 Å². The van der Waals surface area contributed by atoms with Gasteiger partial charge in [-0.3, -0.25) is 10.00 Å². The van der Waals surface area contributed by atoms with Crippen molar-refractivity contribution < 1.29 is 27.4 Å². The number of fused-ring (bicyclic) bond motifs is 5. The van der Waals surface area contributed by atoms with E-state index in [-0.39, 0.29) is 48.2 Å². The number of pyridine rings is 1. The minimum Gasteiger partial charge on any atom is -0.475 e. The molecule has 0 unspecified atom stereocenters. The minimum atomic E-state index is -0.916. The molecule has 0 amide bonds. The van der Waals surface area contributed by atoms with E-state index >= 15 is 8.78 Å². The molecule has 250 valence electrons. The average Bonchev–Trinajstić information content (AvgIpc) is 3.63. The van der Waals surface area contributed by atoms with Crippen molar-refractivity contribution in [3.8, 4) is 23.1 Å². The highest BCUT2D eigenvalue weighted by atomic mass is 127. The number of aromatic nitrogens is 5. The molecule has 0 spiro atoms. The van der Waals surface area contributed by atoms with Gasteiger partial charge in [-0.25, -0.2) is 18.2 Å². The van der Waals surface area contributed by atoms with Gasteiger partial charge in [-0.15, -0.1) is 0 Å². The Kier molecular flexibility index (Phi) is 7.35. The van der Waals surface area contributed by atoms with Crippen LogP contribution in [0.15, 0.2) is 18.2 Å². The number of rotatable bonds is 5. The van der Waals surface area contributed by atoms with Crippen molar-refractivity contribution in [2.24, 2.45) is 0 Å². The fraction of sp³-hybridized carbons (Fsp3) is 0.471. The Morgan fingerprint density at radius 2 is 2.00 bits per heavy atom. The zero-order valence-electron chi connectivity index (χ0n) is 26.3. The van der Waals surface area contributed by atoms with Crippen LogP contribution >= 0.6 is 22.6 Å². The van der Waals surface area contributed by atoms with Crippen LogP contribution in [-0.4, -0.2) is 93.9 Å². The van der Waals surface area contributed by atoms with Crippen molar-refractivity contribution in [1.29, 1.82) is 0 Å². The number of hydrogen-bond donors (Lipinski definition) is 1. The van der Waals surface area contributed by atoms with Gasteiger partial charge in [0.05, 0.1) is 23.7 Å². The number of nitrogens with zero attached hydrogens (tertiary/aromatic N) is 6. The molecule has 10 nitrogen and oxygen atoms in total. The molecule has 0 bridgehead atoms. The van der Waals surface area contributed by atoms with E-state index in [1.54, 1.807) is 6.07 Å². The lowest BCUT2D eigenvalue weighted by atomic mass is 9.92. The molecule has 7 heterocycles. The van der Waals surface area contributed by atoms with Gasteiger partial charge >= 0.3 is 6.01 Å². The number of anilines is 1. The van der Waals surface area contributed by atoms with Gasteiger partial charge in [0, 0.05) is 37.1 Å². The van der Waals surface area contributed by atoms with E-state index in [4.69, 9.17) is 29.2 Å². The minimum absolute atomic E-state index is 0.00510. The largest absolute Gasteiger partial charge is 0.475 e. The molecule has 0 aliphatic carbocycles. The summed E-state index contributed by atoms with van der Waals surface area (Å²) in [7, 11) is 0. The number of nitrogens with one attached hydrogen (secondary N) is 1. The molecule has 14 heteroatoms. The lowest BCUT2D eigenvalue weighted by molar-refractivity contribution is 0.107. The molecular weight excluding hydrogens is 738 g/mol. The van der Waals surface area contributed by atoms with Crippen molar-refractivity contribution in [2.75, 3.05) is 51.0 Å². The Hall–Kier alpha value is -3.50. The summed E-state index contributed by atoms with van der Waals surface area (Å²) < 4.78 is 66.7. The maximum absolute atomic E-state index is 17.4. The van der Waals surface area contributed by atoms with Crippen LogP contribution in [-0.2, 0) is 11.2 Å². The van der Waals surface area contributed by atoms with Gasteiger partial charge in [-0.1, -0.05) is 13.0 Å². The third-order valence-electron chi connectivity index (χ3n) is 10.5. The lowest BCUT2D eigenvalue weighted by Crippen LogP contribution is -2.43. The maximum Gasteiger partial charge on any atom is 0.319 e. The van der Waals surface area contributed by atoms with Crippen LogP contribution in [0.2, 0.25) is 0 Å². The first-order valence-corrected chi connectivity index (χ1v) is 17.6. The molecular formula is C34H33F3IN7O3. The van der Waals surface area contributed by atoms with Crippen molar-refractivity contribution >= 4 is 61.0 Å². The number of benzene rings is 2. The Labute approximate surface area is 287 Å². The highest BCUT2D eigenvalue weighted by Gasteiger charge is 2.49. The summed E-state index contributed by atoms with van der Waals surface area (Å²) in [6.45, 7) is 5.11. The number of alkyl halides is 1.